The molecule has 24 heavy (non-hydrogen) atoms. The molecule has 2 aromatic heterocycles. The van der Waals surface area contributed by atoms with Crippen LogP contribution in [-0.4, -0.2) is 19.6 Å². The number of benzene rings is 3. The molecule has 2 heterocycles. The molecule has 0 saturated carbocycles. The molecule has 5 rings (SSSR count). The second-order valence-corrected chi connectivity index (χ2v) is 5.78. The van der Waals surface area contributed by atoms with E-state index >= 15 is 0 Å². The van der Waals surface area contributed by atoms with Crippen molar-refractivity contribution in [1.82, 2.24) is 19.6 Å². The summed E-state index contributed by atoms with van der Waals surface area (Å²) < 4.78 is 3.82. The predicted octanol–water partition coefficient (Wildman–Crippen LogP) is 4.36. The molecule has 5 aromatic rings. The van der Waals surface area contributed by atoms with E-state index in [2.05, 4.69) is 46.6 Å². The summed E-state index contributed by atoms with van der Waals surface area (Å²) in [5, 5.41) is 11.5. The summed E-state index contributed by atoms with van der Waals surface area (Å²) in [6.07, 6.45) is 4.10. The average Bonchev–Trinajstić information content (AvgIpc) is 3.25. The molecular weight excluding hydrogens is 296 g/mol. The molecule has 0 radical (unpaired) electrons. The number of hydrogen-bond acceptors (Lipinski definition) is 2. The van der Waals surface area contributed by atoms with Gasteiger partial charge in [-0.2, -0.15) is 10.2 Å². The maximum atomic E-state index is 4.61. The quantitative estimate of drug-likeness (QED) is 0.485. The smallest absolute Gasteiger partial charge is 0.0927 e. The lowest BCUT2D eigenvalue weighted by molar-refractivity contribution is 0.879. The van der Waals surface area contributed by atoms with Crippen LogP contribution in [0.25, 0.3) is 33.2 Å². The van der Waals surface area contributed by atoms with Gasteiger partial charge in [-0.1, -0.05) is 36.4 Å². The average molecular weight is 310 g/mol. The summed E-state index contributed by atoms with van der Waals surface area (Å²) in [4.78, 5) is 0. The fourth-order valence-electron chi connectivity index (χ4n) is 2.95. The minimum absolute atomic E-state index is 1.000. The van der Waals surface area contributed by atoms with Gasteiger partial charge in [-0.15, -0.1) is 0 Å². The van der Waals surface area contributed by atoms with Crippen LogP contribution in [0.5, 0.6) is 0 Å². The number of aromatic nitrogens is 4. The third kappa shape index (κ3) is 2.08. The third-order valence-electron chi connectivity index (χ3n) is 4.21. The van der Waals surface area contributed by atoms with Crippen molar-refractivity contribution in [3.8, 4) is 11.4 Å². The van der Waals surface area contributed by atoms with Crippen LogP contribution in [0.1, 0.15) is 0 Å². The van der Waals surface area contributed by atoms with Crippen LogP contribution in [0, 0.1) is 0 Å². The SMILES string of the molecule is c1ccc2nn(-c3ccc(-n4cc5ccccc5n4)cc3)cc2c1. The molecule has 0 unspecified atom stereocenters. The Morgan fingerprint density at radius 1 is 0.500 bits per heavy atom. The molecule has 0 N–H and O–H groups in total. The number of hydrogen-bond donors (Lipinski definition) is 0. The summed E-state index contributed by atoms with van der Waals surface area (Å²) >= 11 is 0. The van der Waals surface area contributed by atoms with Gasteiger partial charge in [0.1, 0.15) is 0 Å². The van der Waals surface area contributed by atoms with Crippen molar-refractivity contribution in [3.63, 3.8) is 0 Å². The van der Waals surface area contributed by atoms with Gasteiger partial charge in [0.05, 0.1) is 22.4 Å². The standard InChI is InChI=1S/C20H14N4/c1-3-7-19-15(5-1)13-23(21-19)17-9-11-18(12-10-17)24-14-16-6-2-4-8-20(16)22-24/h1-14H. The molecule has 0 aliphatic carbocycles. The number of fused-ring (bicyclic) bond motifs is 2. The van der Waals surface area contributed by atoms with Gasteiger partial charge in [-0.25, -0.2) is 9.36 Å². The molecule has 0 saturated heterocycles. The van der Waals surface area contributed by atoms with Gasteiger partial charge in [0.25, 0.3) is 0 Å². The van der Waals surface area contributed by atoms with Gasteiger partial charge in [-0.05, 0) is 36.4 Å². The van der Waals surface area contributed by atoms with E-state index in [1.165, 1.54) is 0 Å². The Hall–Kier alpha value is -3.40. The summed E-state index contributed by atoms with van der Waals surface area (Å²) in [7, 11) is 0. The van der Waals surface area contributed by atoms with Crippen molar-refractivity contribution in [3.05, 3.63) is 85.2 Å². The maximum absolute atomic E-state index is 4.61. The second-order valence-electron chi connectivity index (χ2n) is 5.78. The van der Waals surface area contributed by atoms with E-state index < -0.39 is 0 Å². The molecule has 0 atom stereocenters. The monoisotopic (exact) mass is 310 g/mol. The molecule has 0 aliphatic rings. The molecular formula is C20H14N4. The number of rotatable bonds is 2. The lowest BCUT2D eigenvalue weighted by atomic mass is 10.2. The van der Waals surface area contributed by atoms with Crippen LogP contribution >= 0.6 is 0 Å². The topological polar surface area (TPSA) is 35.6 Å². The highest BCUT2D eigenvalue weighted by Crippen LogP contribution is 2.19. The molecule has 0 bridgehead atoms. The highest BCUT2D eigenvalue weighted by atomic mass is 15.3. The predicted molar refractivity (Wildman–Crippen MR) is 95.7 cm³/mol. The lowest BCUT2D eigenvalue weighted by Gasteiger charge is -2.04. The van der Waals surface area contributed by atoms with E-state index in [1.54, 1.807) is 0 Å². The minimum atomic E-state index is 1.000. The maximum Gasteiger partial charge on any atom is 0.0927 e. The molecule has 4 heteroatoms. The summed E-state index contributed by atoms with van der Waals surface area (Å²) in [6, 6.07) is 24.5. The van der Waals surface area contributed by atoms with E-state index in [1.807, 2.05) is 58.2 Å². The molecule has 0 aliphatic heterocycles. The van der Waals surface area contributed by atoms with E-state index in [-0.39, 0.29) is 0 Å². The Bertz CT molecular complexity index is 990. The van der Waals surface area contributed by atoms with E-state index in [9.17, 15) is 0 Å². The summed E-state index contributed by atoms with van der Waals surface area (Å²) in [6.45, 7) is 0. The van der Waals surface area contributed by atoms with Crippen LogP contribution in [0.2, 0.25) is 0 Å². The summed E-state index contributed by atoms with van der Waals surface area (Å²) in [5.41, 5.74) is 4.07. The zero-order valence-corrected chi connectivity index (χ0v) is 12.9. The van der Waals surface area contributed by atoms with Crippen molar-refractivity contribution >= 4 is 21.8 Å². The highest BCUT2D eigenvalue weighted by molar-refractivity contribution is 5.79. The molecule has 4 nitrogen and oxygen atoms in total. The lowest BCUT2D eigenvalue weighted by Crippen LogP contribution is -1.97. The van der Waals surface area contributed by atoms with Crippen molar-refractivity contribution < 1.29 is 0 Å². The van der Waals surface area contributed by atoms with E-state index in [0.717, 1.165) is 33.2 Å². The summed E-state index contributed by atoms with van der Waals surface area (Å²) in [5.74, 6) is 0. The van der Waals surface area contributed by atoms with E-state index in [0.29, 0.717) is 0 Å². The first-order valence-corrected chi connectivity index (χ1v) is 7.86. The Labute approximate surface area is 138 Å². The van der Waals surface area contributed by atoms with Crippen LogP contribution in [-0.2, 0) is 0 Å². The van der Waals surface area contributed by atoms with Gasteiger partial charge >= 0.3 is 0 Å². The van der Waals surface area contributed by atoms with Crippen LogP contribution in [0.15, 0.2) is 85.2 Å². The van der Waals surface area contributed by atoms with Crippen LogP contribution in [0.4, 0.5) is 0 Å². The van der Waals surface area contributed by atoms with E-state index in [4.69, 9.17) is 0 Å². The Morgan fingerprint density at radius 3 is 1.33 bits per heavy atom. The van der Waals surface area contributed by atoms with Gasteiger partial charge < -0.3 is 0 Å². The van der Waals surface area contributed by atoms with Crippen LogP contribution < -0.4 is 0 Å². The van der Waals surface area contributed by atoms with Crippen molar-refractivity contribution in [1.29, 1.82) is 0 Å². The fourth-order valence-corrected chi connectivity index (χ4v) is 2.95. The molecule has 3 aromatic carbocycles. The molecule has 0 spiro atoms. The Morgan fingerprint density at radius 2 is 0.917 bits per heavy atom. The second kappa shape index (κ2) is 5.06. The first kappa shape index (κ1) is 13.1. The minimum Gasteiger partial charge on any atom is -0.240 e. The number of nitrogens with zero attached hydrogens (tertiary/aromatic N) is 4. The van der Waals surface area contributed by atoms with Crippen molar-refractivity contribution in [2.24, 2.45) is 0 Å². The molecule has 0 amide bonds. The molecule has 114 valence electrons. The first-order chi connectivity index (χ1) is 11.9. The normalized spacial score (nSPS) is 11.3. The highest BCUT2D eigenvalue weighted by Gasteiger charge is 2.04. The van der Waals surface area contributed by atoms with Gasteiger partial charge in [-0.3, -0.25) is 0 Å². The largest absolute Gasteiger partial charge is 0.240 e. The Kier molecular flexibility index (Phi) is 2.76. The van der Waals surface area contributed by atoms with Crippen LogP contribution in [0.3, 0.4) is 0 Å². The molecule has 0 fully saturated rings. The van der Waals surface area contributed by atoms with Gasteiger partial charge in [0, 0.05) is 23.2 Å². The first-order valence-electron chi connectivity index (χ1n) is 7.86. The zero-order chi connectivity index (χ0) is 15.9. The fraction of sp³-hybridized carbons (Fsp3) is 0. The van der Waals surface area contributed by atoms with Crippen molar-refractivity contribution in [2.75, 3.05) is 0 Å². The van der Waals surface area contributed by atoms with Gasteiger partial charge in [0.15, 0.2) is 0 Å². The third-order valence-corrected chi connectivity index (χ3v) is 4.21. The Balaban J connectivity index is 1.54. The van der Waals surface area contributed by atoms with Gasteiger partial charge in [0.2, 0.25) is 0 Å². The van der Waals surface area contributed by atoms with Crippen molar-refractivity contribution in [2.45, 2.75) is 0 Å². The zero-order valence-electron chi connectivity index (χ0n) is 12.9.